The second kappa shape index (κ2) is 9.67. The summed E-state index contributed by atoms with van der Waals surface area (Å²) < 4.78 is 11.2. The van der Waals surface area contributed by atoms with Crippen LogP contribution in [-0.2, 0) is 19.1 Å². The number of hydrogen-bond acceptors (Lipinski definition) is 5. The Balaban J connectivity index is 2.99. The highest BCUT2D eigenvalue weighted by Gasteiger charge is 2.36. The van der Waals surface area contributed by atoms with Gasteiger partial charge < -0.3 is 20.5 Å². The van der Waals surface area contributed by atoms with Gasteiger partial charge in [-0.15, -0.1) is 0 Å². The lowest BCUT2D eigenvalue weighted by Gasteiger charge is -2.36. The van der Waals surface area contributed by atoms with Gasteiger partial charge in [-0.25, -0.2) is 4.79 Å². The maximum absolute atomic E-state index is 12.0. The van der Waals surface area contributed by atoms with Crippen LogP contribution in [-0.4, -0.2) is 42.8 Å². The molecule has 0 aromatic heterocycles. The smallest absolute Gasteiger partial charge is 0.333 e. The predicted octanol–water partition coefficient (Wildman–Crippen LogP) is 1.68. The first kappa shape index (κ1) is 19.6. The van der Waals surface area contributed by atoms with E-state index < -0.39 is 6.10 Å². The minimum absolute atomic E-state index is 0.0611. The van der Waals surface area contributed by atoms with Crippen LogP contribution in [0.3, 0.4) is 0 Å². The quantitative estimate of drug-likeness (QED) is 0.662. The molecular formula is C17H30N2O4. The molecule has 132 valence electrons. The third kappa shape index (κ3) is 5.62. The van der Waals surface area contributed by atoms with Crippen molar-refractivity contribution in [3.8, 4) is 0 Å². The lowest BCUT2D eigenvalue weighted by Crippen LogP contribution is -2.57. The van der Waals surface area contributed by atoms with Gasteiger partial charge in [0.1, 0.15) is 0 Å². The van der Waals surface area contributed by atoms with Crippen molar-refractivity contribution in [1.82, 2.24) is 5.32 Å². The van der Waals surface area contributed by atoms with Gasteiger partial charge in [-0.2, -0.15) is 0 Å². The fourth-order valence-corrected chi connectivity index (χ4v) is 2.67. The van der Waals surface area contributed by atoms with E-state index in [0.29, 0.717) is 25.0 Å². The number of nitrogens with two attached hydrogens (primary N) is 1. The van der Waals surface area contributed by atoms with E-state index in [1.807, 2.05) is 13.8 Å². The van der Waals surface area contributed by atoms with E-state index >= 15 is 0 Å². The molecule has 0 unspecified atom stereocenters. The van der Waals surface area contributed by atoms with Gasteiger partial charge in [0.25, 0.3) is 0 Å². The van der Waals surface area contributed by atoms with Crippen molar-refractivity contribution in [3.63, 3.8) is 0 Å². The molecule has 6 nitrogen and oxygen atoms in total. The molecule has 0 saturated carbocycles. The van der Waals surface area contributed by atoms with Crippen LogP contribution in [0.4, 0.5) is 0 Å². The summed E-state index contributed by atoms with van der Waals surface area (Å²) in [4.78, 5) is 23.8. The largest absolute Gasteiger partial charge is 0.463 e. The van der Waals surface area contributed by atoms with Crippen molar-refractivity contribution in [2.45, 2.75) is 77.7 Å². The van der Waals surface area contributed by atoms with E-state index in [0.717, 1.165) is 12.8 Å². The molecule has 0 spiro atoms. The standard InChI is InChI=1S/C17H30N2O4/c1-5-12(6-2)23-14-10-11(17(21)22-8-4)9-13(18)16(14)19-15(20)7-3/h10,12-14,16H,5-9,18H2,1-4H3,(H,19,20)/t13-,14+,16+/m0/s1. The molecule has 1 amide bonds. The molecule has 0 aromatic rings. The van der Waals surface area contributed by atoms with Crippen LogP contribution >= 0.6 is 0 Å². The van der Waals surface area contributed by atoms with Crippen molar-refractivity contribution in [2.75, 3.05) is 6.61 Å². The van der Waals surface area contributed by atoms with Gasteiger partial charge in [0.05, 0.1) is 24.9 Å². The average Bonchev–Trinajstić information content (AvgIpc) is 2.54. The van der Waals surface area contributed by atoms with E-state index in [-0.39, 0.29) is 30.1 Å². The number of ether oxygens (including phenoxy) is 2. The Kier molecular flexibility index (Phi) is 8.26. The summed E-state index contributed by atoms with van der Waals surface area (Å²) in [7, 11) is 0. The minimum Gasteiger partial charge on any atom is -0.463 e. The summed E-state index contributed by atoms with van der Waals surface area (Å²) in [5.74, 6) is -0.432. The summed E-state index contributed by atoms with van der Waals surface area (Å²) >= 11 is 0. The van der Waals surface area contributed by atoms with Crippen LogP contribution in [0.1, 0.15) is 53.4 Å². The fourth-order valence-electron chi connectivity index (χ4n) is 2.67. The first-order chi connectivity index (χ1) is 11.0. The lowest BCUT2D eigenvalue weighted by atomic mass is 9.88. The van der Waals surface area contributed by atoms with Crippen LogP contribution in [0, 0.1) is 0 Å². The fraction of sp³-hybridized carbons (Fsp3) is 0.765. The summed E-state index contributed by atoms with van der Waals surface area (Å²) in [5.41, 5.74) is 6.74. The molecule has 0 aromatic carbocycles. The van der Waals surface area contributed by atoms with Gasteiger partial charge in [0, 0.05) is 18.0 Å². The molecule has 0 radical (unpaired) electrons. The third-order valence-electron chi connectivity index (χ3n) is 4.08. The highest BCUT2D eigenvalue weighted by Crippen LogP contribution is 2.24. The zero-order valence-electron chi connectivity index (χ0n) is 14.6. The summed E-state index contributed by atoms with van der Waals surface area (Å²) in [5, 5.41) is 2.93. The average molecular weight is 326 g/mol. The van der Waals surface area contributed by atoms with Crippen molar-refractivity contribution in [2.24, 2.45) is 5.73 Å². The first-order valence-electron chi connectivity index (χ1n) is 8.54. The Bertz CT molecular complexity index is 432. The Hall–Kier alpha value is -1.40. The van der Waals surface area contributed by atoms with Gasteiger partial charge in [0.2, 0.25) is 5.91 Å². The van der Waals surface area contributed by atoms with Crippen LogP contribution in [0.25, 0.3) is 0 Å². The Morgan fingerprint density at radius 2 is 1.96 bits per heavy atom. The first-order valence-corrected chi connectivity index (χ1v) is 8.54. The van der Waals surface area contributed by atoms with Gasteiger partial charge in [-0.3, -0.25) is 4.79 Å². The maximum Gasteiger partial charge on any atom is 0.333 e. The van der Waals surface area contributed by atoms with E-state index in [1.54, 1.807) is 19.9 Å². The molecule has 3 atom stereocenters. The molecule has 0 heterocycles. The Labute approximate surface area is 138 Å². The lowest BCUT2D eigenvalue weighted by molar-refractivity contribution is -0.139. The highest BCUT2D eigenvalue weighted by atomic mass is 16.5. The third-order valence-corrected chi connectivity index (χ3v) is 4.08. The molecule has 23 heavy (non-hydrogen) atoms. The molecule has 1 aliphatic carbocycles. The summed E-state index contributed by atoms with van der Waals surface area (Å²) in [6.07, 6.45) is 3.88. The van der Waals surface area contributed by atoms with E-state index in [4.69, 9.17) is 15.2 Å². The second-order valence-electron chi connectivity index (χ2n) is 5.77. The molecule has 0 saturated heterocycles. The molecule has 0 bridgehead atoms. The number of rotatable bonds is 8. The molecule has 0 aliphatic heterocycles. The minimum atomic E-state index is -0.418. The topological polar surface area (TPSA) is 90.6 Å². The molecule has 0 fully saturated rings. The Morgan fingerprint density at radius 3 is 2.48 bits per heavy atom. The monoisotopic (exact) mass is 326 g/mol. The number of carbonyl (C=O) groups is 2. The maximum atomic E-state index is 12.0. The van der Waals surface area contributed by atoms with E-state index in [9.17, 15) is 9.59 Å². The van der Waals surface area contributed by atoms with Crippen LogP contribution < -0.4 is 11.1 Å². The van der Waals surface area contributed by atoms with Crippen molar-refractivity contribution in [1.29, 1.82) is 0 Å². The second-order valence-corrected chi connectivity index (χ2v) is 5.77. The van der Waals surface area contributed by atoms with Gasteiger partial charge in [-0.05, 0) is 32.3 Å². The molecular weight excluding hydrogens is 296 g/mol. The number of amides is 1. The Morgan fingerprint density at radius 1 is 1.30 bits per heavy atom. The van der Waals surface area contributed by atoms with Crippen LogP contribution in [0.2, 0.25) is 0 Å². The van der Waals surface area contributed by atoms with E-state index in [2.05, 4.69) is 5.32 Å². The normalized spacial score (nSPS) is 24.3. The van der Waals surface area contributed by atoms with E-state index in [1.165, 1.54) is 0 Å². The van der Waals surface area contributed by atoms with Crippen molar-refractivity contribution < 1.29 is 19.1 Å². The van der Waals surface area contributed by atoms with Crippen LogP contribution in [0.15, 0.2) is 11.6 Å². The molecule has 1 rings (SSSR count). The number of esters is 1. The molecule has 6 heteroatoms. The molecule has 3 N–H and O–H groups in total. The SMILES string of the molecule is CCOC(=O)C1=C[C@@H](OC(CC)CC)[C@H](NC(=O)CC)[C@@H](N)C1. The van der Waals surface area contributed by atoms with Gasteiger partial charge in [-0.1, -0.05) is 20.8 Å². The van der Waals surface area contributed by atoms with Gasteiger partial charge in [0.15, 0.2) is 0 Å². The number of nitrogens with one attached hydrogen (secondary N) is 1. The zero-order chi connectivity index (χ0) is 17.4. The summed E-state index contributed by atoms with van der Waals surface area (Å²) in [6.45, 7) is 7.97. The number of hydrogen-bond donors (Lipinski definition) is 2. The zero-order valence-corrected chi connectivity index (χ0v) is 14.6. The number of carbonyl (C=O) groups excluding carboxylic acids is 2. The van der Waals surface area contributed by atoms with Crippen molar-refractivity contribution in [3.05, 3.63) is 11.6 Å². The van der Waals surface area contributed by atoms with Crippen molar-refractivity contribution >= 4 is 11.9 Å². The molecule has 1 aliphatic rings. The highest BCUT2D eigenvalue weighted by molar-refractivity contribution is 5.89. The summed E-state index contributed by atoms with van der Waals surface area (Å²) in [6, 6.07) is -0.713. The van der Waals surface area contributed by atoms with Crippen LogP contribution in [0.5, 0.6) is 0 Å². The van der Waals surface area contributed by atoms with Gasteiger partial charge >= 0.3 is 5.97 Å². The predicted molar refractivity (Wildman–Crippen MR) is 88.8 cm³/mol.